The number of amides is 1. The first kappa shape index (κ1) is 28.6. The Morgan fingerprint density at radius 1 is 0.951 bits per heavy atom. The standard InChI is InChI=1S/C31H34FN5O3S/c1-22-9-10-24(19-23-11-13-35(14-12-23)28-7-3-2-5-25(28)21-33)20-26(22)31(38)37-17-15-36(16-18-37)29-8-4-6-27(32)30(29)41(34,39)40/h2-10,20,23H,11-19H2,1H3,(H2,34,39,40). The summed E-state index contributed by atoms with van der Waals surface area (Å²) in [4.78, 5) is 18.9. The van der Waals surface area contributed by atoms with Crippen molar-refractivity contribution in [3.63, 3.8) is 0 Å². The van der Waals surface area contributed by atoms with E-state index in [1.807, 2.05) is 43.3 Å². The van der Waals surface area contributed by atoms with Gasteiger partial charge in [0.05, 0.1) is 16.9 Å². The molecule has 5 rings (SSSR count). The third-order valence-corrected chi connectivity index (χ3v) is 9.15. The molecule has 0 saturated carbocycles. The van der Waals surface area contributed by atoms with E-state index in [2.05, 4.69) is 17.0 Å². The molecule has 2 N–H and O–H groups in total. The molecule has 3 aromatic rings. The minimum atomic E-state index is -4.24. The fraction of sp³-hybridized carbons (Fsp3) is 0.355. The van der Waals surface area contributed by atoms with Gasteiger partial charge in [-0.1, -0.05) is 30.3 Å². The summed E-state index contributed by atoms with van der Waals surface area (Å²) in [6, 6.07) is 20.2. The maximum atomic E-state index is 14.3. The van der Waals surface area contributed by atoms with E-state index in [9.17, 15) is 22.9 Å². The normalized spacial score (nSPS) is 16.5. The molecule has 0 spiro atoms. The SMILES string of the molecule is Cc1ccc(CC2CCN(c3ccccc3C#N)CC2)cc1C(=O)N1CCN(c2cccc(F)c2S(N)(=O)=O)CC1. The van der Waals surface area contributed by atoms with Gasteiger partial charge in [-0.15, -0.1) is 0 Å². The Morgan fingerprint density at radius 2 is 1.61 bits per heavy atom. The van der Waals surface area contributed by atoms with Crippen molar-refractivity contribution in [3.05, 3.63) is 88.7 Å². The van der Waals surface area contributed by atoms with Crippen molar-refractivity contribution < 1.29 is 17.6 Å². The van der Waals surface area contributed by atoms with Crippen molar-refractivity contribution in [3.8, 4) is 6.07 Å². The van der Waals surface area contributed by atoms with Crippen LogP contribution >= 0.6 is 0 Å². The predicted octanol–water partition coefficient (Wildman–Crippen LogP) is 4.07. The smallest absolute Gasteiger partial charge is 0.254 e. The second kappa shape index (κ2) is 11.9. The number of primary sulfonamides is 1. The highest BCUT2D eigenvalue weighted by molar-refractivity contribution is 7.89. The van der Waals surface area contributed by atoms with E-state index in [0.29, 0.717) is 43.2 Å². The molecule has 0 radical (unpaired) electrons. The molecule has 214 valence electrons. The number of hydrogen-bond donors (Lipinski definition) is 1. The highest BCUT2D eigenvalue weighted by atomic mass is 32.2. The number of anilines is 2. The summed E-state index contributed by atoms with van der Waals surface area (Å²) in [6.45, 7) is 5.21. The monoisotopic (exact) mass is 575 g/mol. The molecular formula is C31H34FN5O3S. The van der Waals surface area contributed by atoms with Crippen LogP contribution in [0.1, 0.15) is 39.9 Å². The molecule has 2 saturated heterocycles. The fourth-order valence-electron chi connectivity index (χ4n) is 5.93. The number of piperidine rings is 1. The van der Waals surface area contributed by atoms with Gasteiger partial charge in [-0.2, -0.15) is 5.26 Å². The van der Waals surface area contributed by atoms with Crippen molar-refractivity contribution in [2.45, 2.75) is 31.1 Å². The average molecular weight is 576 g/mol. The van der Waals surface area contributed by atoms with E-state index in [4.69, 9.17) is 5.14 Å². The third-order valence-electron chi connectivity index (χ3n) is 8.17. The number of carbonyl (C=O) groups excluding carboxylic acids is 1. The first-order valence-corrected chi connectivity index (χ1v) is 15.4. The number of rotatable bonds is 6. The molecular weight excluding hydrogens is 541 g/mol. The number of nitrogens with zero attached hydrogens (tertiary/aromatic N) is 4. The summed E-state index contributed by atoms with van der Waals surface area (Å²) in [6.07, 6.45) is 2.91. The number of piperazine rings is 1. The molecule has 8 nitrogen and oxygen atoms in total. The van der Waals surface area contributed by atoms with Gasteiger partial charge in [0.15, 0.2) is 0 Å². The van der Waals surface area contributed by atoms with Crippen LogP contribution in [0, 0.1) is 30.0 Å². The van der Waals surface area contributed by atoms with Crippen LogP contribution in [-0.2, 0) is 16.4 Å². The van der Waals surface area contributed by atoms with Crippen LogP contribution < -0.4 is 14.9 Å². The van der Waals surface area contributed by atoms with Gasteiger partial charge in [-0.3, -0.25) is 4.79 Å². The van der Waals surface area contributed by atoms with Gasteiger partial charge in [-0.05, 0) is 73.6 Å². The largest absolute Gasteiger partial charge is 0.370 e. The van der Waals surface area contributed by atoms with Gasteiger partial charge in [-0.25, -0.2) is 17.9 Å². The Morgan fingerprint density at radius 3 is 2.29 bits per heavy atom. The molecule has 1 amide bonds. The lowest BCUT2D eigenvalue weighted by Gasteiger charge is -2.37. The van der Waals surface area contributed by atoms with Gasteiger partial charge in [0, 0.05) is 44.8 Å². The number of aryl methyl sites for hydroxylation is 1. The van der Waals surface area contributed by atoms with Gasteiger partial charge >= 0.3 is 0 Å². The first-order chi connectivity index (χ1) is 19.7. The van der Waals surface area contributed by atoms with Crippen LogP contribution in [0.15, 0.2) is 65.6 Å². The summed E-state index contributed by atoms with van der Waals surface area (Å²) in [7, 11) is -4.24. The minimum absolute atomic E-state index is 0.0576. The van der Waals surface area contributed by atoms with Crippen LogP contribution in [0.3, 0.4) is 0 Å². The molecule has 0 atom stereocenters. The number of hydrogen-bond acceptors (Lipinski definition) is 6. The molecule has 2 aliphatic rings. The Balaban J connectivity index is 1.22. The number of para-hydroxylation sites is 1. The van der Waals surface area contributed by atoms with Gasteiger partial charge in [0.25, 0.3) is 5.91 Å². The molecule has 0 bridgehead atoms. The lowest BCUT2D eigenvalue weighted by atomic mass is 9.88. The van der Waals surface area contributed by atoms with Crippen LogP contribution in [-0.4, -0.2) is 58.5 Å². The van der Waals surface area contributed by atoms with Crippen molar-refractivity contribution in [2.24, 2.45) is 11.1 Å². The lowest BCUT2D eigenvalue weighted by molar-refractivity contribution is 0.0745. The number of halogens is 1. The number of nitriles is 1. The second-order valence-corrected chi connectivity index (χ2v) is 12.3. The summed E-state index contributed by atoms with van der Waals surface area (Å²) >= 11 is 0. The van der Waals surface area contributed by atoms with Gasteiger partial charge in [0.1, 0.15) is 16.8 Å². The molecule has 2 heterocycles. The number of carbonyl (C=O) groups is 1. The van der Waals surface area contributed by atoms with Crippen molar-refractivity contribution in [1.82, 2.24) is 4.90 Å². The van der Waals surface area contributed by atoms with Crippen molar-refractivity contribution in [2.75, 3.05) is 49.1 Å². The second-order valence-electron chi connectivity index (χ2n) is 10.8. The molecule has 3 aromatic carbocycles. The van der Waals surface area contributed by atoms with E-state index < -0.39 is 20.7 Å². The first-order valence-electron chi connectivity index (χ1n) is 13.8. The van der Waals surface area contributed by atoms with Crippen LogP contribution in [0.25, 0.3) is 0 Å². The van der Waals surface area contributed by atoms with E-state index in [1.54, 1.807) is 15.9 Å². The highest BCUT2D eigenvalue weighted by Crippen LogP contribution is 2.30. The predicted molar refractivity (Wildman–Crippen MR) is 157 cm³/mol. The Bertz CT molecular complexity index is 1590. The van der Waals surface area contributed by atoms with Crippen molar-refractivity contribution >= 4 is 27.3 Å². The molecule has 10 heteroatoms. The highest BCUT2D eigenvalue weighted by Gasteiger charge is 2.28. The average Bonchev–Trinajstić information content (AvgIpc) is 2.97. The fourth-order valence-corrected chi connectivity index (χ4v) is 6.76. The van der Waals surface area contributed by atoms with Crippen LogP contribution in [0.5, 0.6) is 0 Å². The third kappa shape index (κ3) is 6.21. The zero-order valence-electron chi connectivity index (χ0n) is 23.1. The van der Waals surface area contributed by atoms with Gasteiger partial charge in [0.2, 0.25) is 10.0 Å². The quantitative estimate of drug-likeness (QED) is 0.474. The molecule has 0 aromatic heterocycles. The van der Waals surface area contributed by atoms with Gasteiger partial charge < -0.3 is 14.7 Å². The Kier molecular flexibility index (Phi) is 8.29. The maximum Gasteiger partial charge on any atom is 0.254 e. The number of benzene rings is 3. The van der Waals surface area contributed by atoms with E-state index in [-0.39, 0.29) is 11.6 Å². The van der Waals surface area contributed by atoms with Crippen LogP contribution in [0.4, 0.5) is 15.8 Å². The molecule has 41 heavy (non-hydrogen) atoms. The Labute approximate surface area is 240 Å². The van der Waals surface area contributed by atoms with E-state index in [0.717, 1.165) is 55.2 Å². The summed E-state index contributed by atoms with van der Waals surface area (Å²) in [5, 5.41) is 14.7. The molecule has 2 fully saturated rings. The van der Waals surface area contributed by atoms with E-state index >= 15 is 0 Å². The number of nitrogens with two attached hydrogens (primary N) is 1. The summed E-state index contributed by atoms with van der Waals surface area (Å²) < 4.78 is 38.4. The molecule has 0 aliphatic carbocycles. The summed E-state index contributed by atoms with van der Waals surface area (Å²) in [5.74, 6) is -0.444. The Hall–Kier alpha value is -3.94. The van der Waals surface area contributed by atoms with E-state index in [1.165, 1.54) is 6.07 Å². The summed E-state index contributed by atoms with van der Waals surface area (Å²) in [5.41, 5.74) is 4.63. The molecule has 2 aliphatic heterocycles. The zero-order valence-corrected chi connectivity index (χ0v) is 23.9. The van der Waals surface area contributed by atoms with Crippen LogP contribution in [0.2, 0.25) is 0 Å². The maximum absolute atomic E-state index is 14.3. The molecule has 0 unspecified atom stereocenters. The lowest BCUT2D eigenvalue weighted by Crippen LogP contribution is -2.49. The topological polar surface area (TPSA) is 111 Å². The zero-order chi connectivity index (χ0) is 29.1. The number of sulfonamides is 1. The minimum Gasteiger partial charge on any atom is -0.370 e. The van der Waals surface area contributed by atoms with Crippen molar-refractivity contribution in [1.29, 1.82) is 5.26 Å².